The quantitative estimate of drug-likeness (QED) is 0.556. The van der Waals surface area contributed by atoms with Crippen LogP contribution < -0.4 is 10.2 Å². The average molecular weight is 297 g/mol. The van der Waals surface area contributed by atoms with Crippen LogP contribution in [-0.4, -0.2) is 46.2 Å². The van der Waals surface area contributed by atoms with Gasteiger partial charge in [-0.2, -0.15) is 4.98 Å². The van der Waals surface area contributed by atoms with E-state index in [4.69, 9.17) is 0 Å². The van der Waals surface area contributed by atoms with Gasteiger partial charge in [-0.05, 0) is 26.7 Å². The normalized spacial score (nSPS) is 12.0. The van der Waals surface area contributed by atoms with Crippen LogP contribution in [0.5, 0.6) is 0 Å². The van der Waals surface area contributed by atoms with Gasteiger partial charge in [0.05, 0.1) is 11.0 Å². The highest BCUT2D eigenvalue weighted by Gasteiger charge is 2.24. The molecule has 1 heterocycles. The van der Waals surface area contributed by atoms with Crippen LogP contribution in [0.2, 0.25) is 0 Å². The topological polar surface area (TPSA) is 104 Å². The fraction of sp³-hybridized carbons (Fsp3) is 0.692. The molecule has 21 heavy (non-hydrogen) atoms. The Hall–Kier alpha value is -1.96. The second kappa shape index (κ2) is 7.72. The lowest BCUT2D eigenvalue weighted by molar-refractivity contribution is -0.385. The Labute approximate surface area is 124 Å². The minimum Gasteiger partial charge on any atom is -0.393 e. The third-order valence-electron chi connectivity index (χ3n) is 3.00. The average Bonchev–Trinajstić information content (AvgIpc) is 2.41. The lowest BCUT2D eigenvalue weighted by Crippen LogP contribution is -2.25. The molecule has 0 radical (unpaired) electrons. The van der Waals surface area contributed by atoms with E-state index in [9.17, 15) is 15.2 Å². The molecule has 1 atom stereocenters. The minimum absolute atomic E-state index is 0.0925. The first-order valence-corrected chi connectivity index (χ1v) is 7.02. The van der Waals surface area contributed by atoms with Gasteiger partial charge in [0.1, 0.15) is 5.69 Å². The van der Waals surface area contributed by atoms with Crippen molar-refractivity contribution in [1.29, 1.82) is 0 Å². The molecule has 2 N–H and O–H groups in total. The molecule has 1 aromatic heterocycles. The number of aliphatic hydroxyl groups excluding tert-OH is 1. The smallest absolute Gasteiger partial charge is 0.332 e. The number of aryl methyl sites for hydroxylation is 1. The van der Waals surface area contributed by atoms with Crippen LogP contribution >= 0.6 is 0 Å². The maximum atomic E-state index is 11.2. The summed E-state index contributed by atoms with van der Waals surface area (Å²) in [5, 5.41) is 23.6. The number of anilines is 2. The molecule has 0 aliphatic heterocycles. The SMILES string of the molecule is CCCNc1nc(C)c([N+](=O)[O-])c(N(C)CCC(C)O)n1. The summed E-state index contributed by atoms with van der Waals surface area (Å²) < 4.78 is 0. The Morgan fingerprint density at radius 3 is 2.67 bits per heavy atom. The van der Waals surface area contributed by atoms with E-state index in [0.29, 0.717) is 31.2 Å². The first-order chi connectivity index (χ1) is 9.86. The van der Waals surface area contributed by atoms with Crippen molar-refractivity contribution in [2.24, 2.45) is 0 Å². The molecule has 0 spiro atoms. The minimum atomic E-state index is -0.466. The zero-order valence-electron chi connectivity index (χ0n) is 13.0. The Morgan fingerprint density at radius 2 is 2.14 bits per heavy atom. The van der Waals surface area contributed by atoms with Crippen LogP contribution in [0.25, 0.3) is 0 Å². The number of aromatic nitrogens is 2. The molecule has 118 valence electrons. The van der Waals surface area contributed by atoms with E-state index in [1.54, 1.807) is 25.8 Å². The van der Waals surface area contributed by atoms with Crippen molar-refractivity contribution in [3.05, 3.63) is 15.8 Å². The van der Waals surface area contributed by atoms with Crippen molar-refractivity contribution in [3.8, 4) is 0 Å². The number of nitrogens with one attached hydrogen (secondary N) is 1. The zero-order chi connectivity index (χ0) is 16.0. The summed E-state index contributed by atoms with van der Waals surface area (Å²) in [7, 11) is 1.72. The van der Waals surface area contributed by atoms with E-state index in [2.05, 4.69) is 15.3 Å². The van der Waals surface area contributed by atoms with Gasteiger partial charge in [0.25, 0.3) is 0 Å². The molecule has 1 unspecified atom stereocenters. The molecule has 0 amide bonds. The van der Waals surface area contributed by atoms with E-state index in [1.807, 2.05) is 6.92 Å². The number of nitrogens with zero attached hydrogens (tertiary/aromatic N) is 4. The summed E-state index contributed by atoms with van der Waals surface area (Å²) >= 11 is 0. The number of hydrogen-bond acceptors (Lipinski definition) is 7. The Balaban J connectivity index is 3.11. The molecule has 0 bridgehead atoms. The van der Waals surface area contributed by atoms with Gasteiger partial charge in [-0.25, -0.2) is 4.98 Å². The fourth-order valence-corrected chi connectivity index (χ4v) is 1.83. The molecular formula is C13H23N5O3. The predicted molar refractivity (Wildman–Crippen MR) is 81.8 cm³/mol. The summed E-state index contributed by atoms with van der Waals surface area (Å²) in [6.07, 6.45) is 0.952. The predicted octanol–water partition coefficient (Wildman–Crippen LogP) is 1.72. The van der Waals surface area contributed by atoms with Crippen LogP contribution in [0.15, 0.2) is 0 Å². The zero-order valence-corrected chi connectivity index (χ0v) is 13.0. The maximum absolute atomic E-state index is 11.2. The van der Waals surface area contributed by atoms with Gasteiger partial charge in [-0.15, -0.1) is 0 Å². The highest BCUT2D eigenvalue weighted by molar-refractivity contribution is 5.62. The third kappa shape index (κ3) is 4.82. The number of aliphatic hydroxyl groups is 1. The lowest BCUT2D eigenvalue weighted by atomic mass is 10.2. The molecule has 0 saturated heterocycles. The largest absolute Gasteiger partial charge is 0.393 e. The van der Waals surface area contributed by atoms with Gasteiger partial charge in [0, 0.05) is 20.1 Å². The molecule has 1 rings (SSSR count). The van der Waals surface area contributed by atoms with E-state index < -0.39 is 11.0 Å². The van der Waals surface area contributed by atoms with Crippen molar-refractivity contribution >= 4 is 17.5 Å². The van der Waals surface area contributed by atoms with Gasteiger partial charge in [0.15, 0.2) is 0 Å². The van der Waals surface area contributed by atoms with Crippen LogP contribution in [0.4, 0.5) is 17.5 Å². The van der Waals surface area contributed by atoms with Gasteiger partial charge in [-0.3, -0.25) is 10.1 Å². The second-order valence-electron chi connectivity index (χ2n) is 5.05. The molecule has 0 fully saturated rings. The van der Waals surface area contributed by atoms with E-state index in [1.165, 1.54) is 0 Å². The number of rotatable bonds is 8. The molecule has 0 aliphatic rings. The summed E-state index contributed by atoms with van der Waals surface area (Å²) in [6.45, 7) is 6.47. The van der Waals surface area contributed by atoms with Gasteiger partial charge >= 0.3 is 5.69 Å². The van der Waals surface area contributed by atoms with Crippen LogP contribution in [0.3, 0.4) is 0 Å². The van der Waals surface area contributed by atoms with Gasteiger partial charge < -0.3 is 15.3 Å². The third-order valence-corrected chi connectivity index (χ3v) is 3.00. The maximum Gasteiger partial charge on any atom is 0.332 e. The monoisotopic (exact) mass is 297 g/mol. The Kier molecular flexibility index (Phi) is 6.29. The molecule has 1 aromatic rings. The van der Waals surface area contributed by atoms with E-state index >= 15 is 0 Å². The molecular weight excluding hydrogens is 274 g/mol. The summed E-state index contributed by atoms with van der Waals surface area (Å²) in [5.74, 6) is 0.658. The Bertz CT molecular complexity index is 493. The van der Waals surface area contributed by atoms with Crippen molar-refractivity contribution in [2.75, 3.05) is 30.4 Å². The fourth-order valence-electron chi connectivity index (χ4n) is 1.83. The van der Waals surface area contributed by atoms with Crippen molar-refractivity contribution < 1.29 is 10.0 Å². The summed E-state index contributed by atoms with van der Waals surface area (Å²) in [5.41, 5.74) is 0.234. The highest BCUT2D eigenvalue weighted by atomic mass is 16.6. The highest BCUT2D eigenvalue weighted by Crippen LogP contribution is 2.29. The number of nitro groups is 1. The first-order valence-electron chi connectivity index (χ1n) is 7.02. The van der Waals surface area contributed by atoms with Crippen LogP contribution in [-0.2, 0) is 0 Å². The molecule has 0 aliphatic carbocycles. The lowest BCUT2D eigenvalue weighted by Gasteiger charge is -2.20. The molecule has 0 aromatic carbocycles. The van der Waals surface area contributed by atoms with E-state index in [0.717, 1.165) is 6.42 Å². The van der Waals surface area contributed by atoms with Crippen molar-refractivity contribution in [3.63, 3.8) is 0 Å². The van der Waals surface area contributed by atoms with Crippen molar-refractivity contribution in [1.82, 2.24) is 9.97 Å². The molecule has 0 saturated carbocycles. The number of hydrogen-bond donors (Lipinski definition) is 2. The summed E-state index contributed by atoms with van der Waals surface area (Å²) in [6, 6.07) is 0. The van der Waals surface area contributed by atoms with Crippen LogP contribution in [0, 0.1) is 17.0 Å². The van der Waals surface area contributed by atoms with Gasteiger partial charge in [0.2, 0.25) is 11.8 Å². The molecule has 8 nitrogen and oxygen atoms in total. The summed E-state index contributed by atoms with van der Waals surface area (Å²) in [4.78, 5) is 20.8. The van der Waals surface area contributed by atoms with Gasteiger partial charge in [-0.1, -0.05) is 6.92 Å². The standard InChI is InChI=1S/C13H23N5O3/c1-5-7-14-13-15-10(3)11(18(20)21)12(16-13)17(4)8-6-9(2)19/h9,19H,5-8H2,1-4H3,(H,14,15,16). The second-order valence-corrected chi connectivity index (χ2v) is 5.05. The molecule has 8 heteroatoms. The van der Waals surface area contributed by atoms with Crippen molar-refractivity contribution in [2.45, 2.75) is 39.7 Å². The first kappa shape index (κ1) is 17.1. The van der Waals surface area contributed by atoms with E-state index in [-0.39, 0.29) is 11.5 Å². The van der Waals surface area contributed by atoms with Crippen LogP contribution in [0.1, 0.15) is 32.4 Å². The Morgan fingerprint density at radius 1 is 1.48 bits per heavy atom.